The summed E-state index contributed by atoms with van der Waals surface area (Å²) >= 11 is 0. The molecule has 1 aromatic rings. The van der Waals surface area contributed by atoms with Crippen LogP contribution >= 0.6 is 0 Å². The molecule has 5 heteroatoms. The van der Waals surface area contributed by atoms with E-state index >= 15 is 0 Å². The third kappa shape index (κ3) is 4.88. The second-order valence-corrected chi connectivity index (χ2v) is 8.15. The molecule has 0 radical (unpaired) electrons. The van der Waals surface area contributed by atoms with Gasteiger partial charge >= 0.3 is 5.97 Å². The molecule has 1 fully saturated rings. The van der Waals surface area contributed by atoms with Gasteiger partial charge in [0, 0.05) is 6.54 Å². The topological polar surface area (TPSA) is 75.8 Å². The Labute approximate surface area is 151 Å². The fourth-order valence-electron chi connectivity index (χ4n) is 3.55. The lowest BCUT2D eigenvalue weighted by Gasteiger charge is -2.36. The van der Waals surface area contributed by atoms with Gasteiger partial charge in [0.05, 0.1) is 17.2 Å². The third-order valence-corrected chi connectivity index (χ3v) is 4.99. The fraction of sp³-hybridized carbons (Fsp3) is 0.650. The first-order chi connectivity index (χ1) is 11.6. The number of nitrogen functional groups attached to an aromatic ring is 1. The summed E-state index contributed by atoms with van der Waals surface area (Å²) in [4.78, 5) is 13.6. The predicted octanol–water partition coefficient (Wildman–Crippen LogP) is 3.65. The van der Waals surface area contributed by atoms with Crippen molar-refractivity contribution in [3.63, 3.8) is 0 Å². The number of hydrogen-bond donors (Lipinski definition) is 2. The molecule has 0 amide bonds. The number of piperidine rings is 1. The zero-order valence-corrected chi connectivity index (χ0v) is 16.1. The Morgan fingerprint density at radius 3 is 2.48 bits per heavy atom. The van der Waals surface area contributed by atoms with E-state index in [0.29, 0.717) is 18.2 Å². The molecule has 3 N–H and O–H groups in total. The van der Waals surface area contributed by atoms with Crippen LogP contribution in [0, 0.1) is 12.3 Å². The van der Waals surface area contributed by atoms with Gasteiger partial charge in [-0.25, -0.2) is 0 Å². The van der Waals surface area contributed by atoms with E-state index in [9.17, 15) is 9.90 Å². The highest BCUT2D eigenvalue weighted by atomic mass is 16.5. The van der Waals surface area contributed by atoms with E-state index in [1.807, 2.05) is 19.9 Å². The zero-order chi connectivity index (χ0) is 18.8. The molecule has 0 unspecified atom stereocenters. The molecule has 0 aliphatic carbocycles. The normalized spacial score (nSPS) is 17.0. The fourth-order valence-corrected chi connectivity index (χ4v) is 3.55. The summed E-state index contributed by atoms with van der Waals surface area (Å²) in [5.74, 6) is 0.504. The summed E-state index contributed by atoms with van der Waals surface area (Å²) in [6.45, 7) is 12.1. The summed E-state index contributed by atoms with van der Waals surface area (Å²) in [5.41, 5.74) is 8.60. The maximum absolute atomic E-state index is 11.3. The average molecular weight is 348 g/mol. The maximum atomic E-state index is 11.3. The van der Waals surface area contributed by atoms with Crippen molar-refractivity contribution >= 4 is 11.7 Å². The first-order valence-corrected chi connectivity index (χ1v) is 9.12. The van der Waals surface area contributed by atoms with Gasteiger partial charge in [0.25, 0.3) is 0 Å². The Kier molecular flexibility index (Phi) is 5.99. The molecule has 2 rings (SSSR count). The minimum absolute atomic E-state index is 0.0953. The Bertz CT molecular complexity index is 618. The van der Waals surface area contributed by atoms with Crippen LogP contribution in [0.3, 0.4) is 0 Å². The molecule has 0 saturated carbocycles. The number of nitrogens with two attached hydrogens (primary N) is 1. The Balaban J connectivity index is 2.06. The highest BCUT2D eigenvalue weighted by Gasteiger charge is 2.32. The van der Waals surface area contributed by atoms with Gasteiger partial charge < -0.3 is 20.5 Å². The average Bonchev–Trinajstić information content (AvgIpc) is 2.50. The van der Waals surface area contributed by atoms with Crippen LogP contribution in [0.4, 0.5) is 5.69 Å². The number of carboxylic acid groups (broad SMARTS) is 1. The number of benzene rings is 1. The second-order valence-electron chi connectivity index (χ2n) is 8.15. The second kappa shape index (κ2) is 7.65. The molecule has 5 nitrogen and oxygen atoms in total. The van der Waals surface area contributed by atoms with Crippen LogP contribution in [0.2, 0.25) is 0 Å². The van der Waals surface area contributed by atoms with Crippen LogP contribution in [-0.4, -0.2) is 41.7 Å². The number of aliphatic carboxylic acids is 1. The van der Waals surface area contributed by atoms with Gasteiger partial charge in [0.2, 0.25) is 0 Å². The third-order valence-electron chi connectivity index (χ3n) is 4.99. The number of anilines is 1. The van der Waals surface area contributed by atoms with Crippen molar-refractivity contribution in [2.45, 2.75) is 59.5 Å². The molecule has 1 aliphatic heterocycles. The molecule has 25 heavy (non-hydrogen) atoms. The lowest BCUT2D eigenvalue weighted by atomic mass is 9.85. The van der Waals surface area contributed by atoms with E-state index in [4.69, 9.17) is 10.5 Å². The van der Waals surface area contributed by atoms with Crippen LogP contribution in [0.15, 0.2) is 12.1 Å². The molecular formula is C20H32N2O3. The molecule has 1 aliphatic rings. The summed E-state index contributed by atoms with van der Waals surface area (Å²) < 4.78 is 5.84. The minimum atomic E-state index is -0.737. The molecule has 0 atom stereocenters. The summed E-state index contributed by atoms with van der Waals surface area (Å²) in [5, 5.41) is 9.31. The van der Waals surface area contributed by atoms with E-state index in [0.717, 1.165) is 31.7 Å². The molecule has 0 aromatic heterocycles. The zero-order valence-electron chi connectivity index (χ0n) is 16.1. The molecule has 0 bridgehead atoms. The van der Waals surface area contributed by atoms with E-state index in [1.54, 1.807) is 13.8 Å². The van der Waals surface area contributed by atoms with Crippen LogP contribution in [0.5, 0.6) is 5.75 Å². The van der Waals surface area contributed by atoms with Gasteiger partial charge in [-0.2, -0.15) is 0 Å². The van der Waals surface area contributed by atoms with Crippen molar-refractivity contribution in [1.82, 2.24) is 4.90 Å². The Morgan fingerprint density at radius 2 is 1.96 bits per heavy atom. The van der Waals surface area contributed by atoms with Crippen LogP contribution in [-0.2, 0) is 4.79 Å². The van der Waals surface area contributed by atoms with Gasteiger partial charge in [-0.05, 0) is 89.7 Å². The van der Waals surface area contributed by atoms with E-state index in [2.05, 4.69) is 17.9 Å². The van der Waals surface area contributed by atoms with Gasteiger partial charge in [0.15, 0.2) is 0 Å². The first-order valence-electron chi connectivity index (χ1n) is 9.12. The number of ether oxygens (including phenoxy) is 1. The van der Waals surface area contributed by atoms with Crippen LogP contribution in [0.1, 0.15) is 57.6 Å². The number of rotatable bonds is 6. The lowest BCUT2D eigenvalue weighted by molar-refractivity contribution is -0.148. The number of carboxylic acids is 1. The summed E-state index contributed by atoms with van der Waals surface area (Å²) in [7, 11) is 0. The van der Waals surface area contributed by atoms with Gasteiger partial charge in [-0.1, -0.05) is 0 Å². The molecule has 0 spiro atoms. The highest BCUT2D eigenvalue weighted by Crippen LogP contribution is 2.36. The predicted molar refractivity (Wildman–Crippen MR) is 101 cm³/mol. The van der Waals surface area contributed by atoms with E-state index in [-0.39, 0.29) is 6.10 Å². The Morgan fingerprint density at radius 1 is 1.36 bits per heavy atom. The monoisotopic (exact) mass is 348 g/mol. The van der Waals surface area contributed by atoms with Crippen LogP contribution < -0.4 is 10.5 Å². The molecule has 1 heterocycles. The largest absolute Gasteiger partial charge is 0.489 e. The van der Waals surface area contributed by atoms with Crippen molar-refractivity contribution in [2.24, 2.45) is 5.41 Å². The highest BCUT2D eigenvalue weighted by molar-refractivity contribution is 5.73. The van der Waals surface area contributed by atoms with Gasteiger partial charge in [-0.3, -0.25) is 4.79 Å². The smallest absolute Gasteiger partial charge is 0.310 e. The first kappa shape index (κ1) is 19.6. The molecule has 1 saturated heterocycles. The van der Waals surface area contributed by atoms with Crippen molar-refractivity contribution in [1.29, 1.82) is 0 Å². The number of carbonyl (C=O) groups is 1. The molecular weight excluding hydrogens is 316 g/mol. The number of nitrogens with zero attached hydrogens (tertiary/aromatic N) is 1. The molecule has 1 aromatic carbocycles. The Hall–Kier alpha value is -1.75. The van der Waals surface area contributed by atoms with E-state index < -0.39 is 11.4 Å². The minimum Gasteiger partial charge on any atom is -0.489 e. The number of hydrogen-bond acceptors (Lipinski definition) is 4. The SMILES string of the molecule is Cc1cc(N)c(OC(C)C)cc1C1CCN(CC(C)(C)C(=O)O)CC1. The number of likely N-dealkylation sites (tertiary alicyclic amines) is 1. The van der Waals surface area contributed by atoms with Crippen molar-refractivity contribution in [3.05, 3.63) is 23.3 Å². The van der Waals surface area contributed by atoms with E-state index in [1.165, 1.54) is 11.1 Å². The van der Waals surface area contributed by atoms with Gasteiger partial charge in [-0.15, -0.1) is 0 Å². The van der Waals surface area contributed by atoms with Crippen molar-refractivity contribution in [2.75, 3.05) is 25.4 Å². The summed E-state index contributed by atoms with van der Waals surface area (Å²) in [6, 6.07) is 4.11. The van der Waals surface area contributed by atoms with Crippen molar-refractivity contribution in [3.8, 4) is 5.75 Å². The van der Waals surface area contributed by atoms with Gasteiger partial charge in [0.1, 0.15) is 5.75 Å². The summed E-state index contributed by atoms with van der Waals surface area (Å²) in [6.07, 6.45) is 2.15. The van der Waals surface area contributed by atoms with Crippen molar-refractivity contribution < 1.29 is 14.6 Å². The lowest BCUT2D eigenvalue weighted by Crippen LogP contribution is -2.42. The quantitative estimate of drug-likeness (QED) is 0.767. The maximum Gasteiger partial charge on any atom is 0.310 e. The van der Waals surface area contributed by atoms with Crippen LogP contribution in [0.25, 0.3) is 0 Å². The standard InChI is InChI=1S/C20H32N2O3/c1-13(2)25-18-11-16(14(3)10-17(18)21)15-6-8-22(9-7-15)12-20(4,5)19(23)24/h10-11,13,15H,6-9,12,21H2,1-5H3,(H,23,24). The molecule has 140 valence electrons. The number of aryl methyl sites for hydroxylation is 1.